The lowest BCUT2D eigenvalue weighted by Gasteiger charge is -2.22. The summed E-state index contributed by atoms with van der Waals surface area (Å²) in [6.07, 6.45) is 0. The van der Waals surface area contributed by atoms with Crippen LogP contribution < -0.4 is 0 Å². The Morgan fingerprint density at radius 2 is 1.88 bits per heavy atom. The lowest BCUT2D eigenvalue weighted by atomic mass is 9.85. The second-order valence-electron chi connectivity index (χ2n) is 4.98. The fourth-order valence-electron chi connectivity index (χ4n) is 1.58. The van der Waals surface area contributed by atoms with Crippen molar-refractivity contribution in [2.75, 3.05) is 12.4 Å². The number of benzene rings is 1. The summed E-state index contributed by atoms with van der Waals surface area (Å²) < 4.78 is 0. The molecular formula is C13H20O2S. The van der Waals surface area contributed by atoms with E-state index in [9.17, 15) is 5.11 Å². The molecule has 0 aliphatic carbocycles. The molecule has 0 atom stereocenters. The molecule has 0 heterocycles. The molecule has 0 saturated carbocycles. The molecular weight excluding hydrogens is 220 g/mol. The normalized spacial score (nSPS) is 11.8. The molecule has 1 aromatic carbocycles. The monoisotopic (exact) mass is 240 g/mol. The highest BCUT2D eigenvalue weighted by molar-refractivity contribution is 7.99. The topological polar surface area (TPSA) is 40.5 Å². The number of aryl methyl sites for hydroxylation is 1. The van der Waals surface area contributed by atoms with Gasteiger partial charge in [0.05, 0.1) is 6.61 Å². The summed E-state index contributed by atoms with van der Waals surface area (Å²) in [5.74, 6) is 0.970. The number of phenols is 1. The Balaban J connectivity index is 3.16. The van der Waals surface area contributed by atoms with Crippen LogP contribution in [0, 0.1) is 6.92 Å². The van der Waals surface area contributed by atoms with Gasteiger partial charge in [-0.2, -0.15) is 0 Å². The third-order valence-electron chi connectivity index (χ3n) is 2.38. The lowest BCUT2D eigenvalue weighted by Crippen LogP contribution is -2.12. The molecule has 1 rings (SSSR count). The van der Waals surface area contributed by atoms with Gasteiger partial charge in [0.1, 0.15) is 5.75 Å². The Hall–Kier alpha value is -0.670. The van der Waals surface area contributed by atoms with Gasteiger partial charge in [-0.3, -0.25) is 0 Å². The van der Waals surface area contributed by atoms with Crippen molar-refractivity contribution in [2.45, 2.75) is 38.0 Å². The Kier molecular flexibility index (Phi) is 4.28. The third kappa shape index (κ3) is 3.16. The van der Waals surface area contributed by atoms with Crippen molar-refractivity contribution >= 4 is 11.8 Å². The standard InChI is InChI=1S/C13H20O2S/c1-9-7-10(13(2,3)4)12(15)11(8-9)16-6-5-14/h7-8,14-15H,5-6H2,1-4H3. The minimum atomic E-state index is -0.0649. The molecule has 0 aliphatic heterocycles. The third-order valence-corrected chi connectivity index (χ3v) is 3.39. The lowest BCUT2D eigenvalue weighted by molar-refractivity contribution is 0.322. The molecule has 2 nitrogen and oxygen atoms in total. The molecule has 1 aromatic rings. The van der Waals surface area contributed by atoms with Crippen LogP contribution in [0.25, 0.3) is 0 Å². The Bertz CT molecular complexity index is 367. The fraction of sp³-hybridized carbons (Fsp3) is 0.538. The first-order chi connectivity index (χ1) is 7.36. The highest BCUT2D eigenvalue weighted by atomic mass is 32.2. The first-order valence-corrected chi connectivity index (χ1v) is 6.42. The number of rotatable bonds is 3. The maximum Gasteiger partial charge on any atom is 0.132 e. The Morgan fingerprint density at radius 1 is 1.25 bits per heavy atom. The molecule has 90 valence electrons. The number of hydrogen-bond donors (Lipinski definition) is 2. The first kappa shape index (κ1) is 13.4. The summed E-state index contributed by atoms with van der Waals surface area (Å²) in [6, 6.07) is 3.99. The van der Waals surface area contributed by atoms with E-state index < -0.39 is 0 Å². The van der Waals surface area contributed by atoms with E-state index in [4.69, 9.17) is 5.11 Å². The van der Waals surface area contributed by atoms with Crippen LogP contribution in [0.4, 0.5) is 0 Å². The SMILES string of the molecule is Cc1cc(SCCO)c(O)c(C(C)(C)C)c1. The Labute approximate surface area is 102 Å². The summed E-state index contributed by atoms with van der Waals surface area (Å²) in [7, 11) is 0. The number of hydrogen-bond acceptors (Lipinski definition) is 3. The summed E-state index contributed by atoms with van der Waals surface area (Å²) in [5, 5.41) is 19.0. The van der Waals surface area contributed by atoms with Crippen LogP contribution in [0.2, 0.25) is 0 Å². The predicted molar refractivity (Wildman–Crippen MR) is 69.4 cm³/mol. The van der Waals surface area contributed by atoms with E-state index in [1.54, 1.807) is 0 Å². The minimum absolute atomic E-state index is 0.0649. The van der Waals surface area contributed by atoms with Crippen molar-refractivity contribution in [1.29, 1.82) is 0 Å². The van der Waals surface area contributed by atoms with Crippen LogP contribution in [0.1, 0.15) is 31.9 Å². The van der Waals surface area contributed by atoms with Gasteiger partial charge in [-0.25, -0.2) is 0 Å². The fourth-order valence-corrected chi connectivity index (χ4v) is 2.41. The number of thioether (sulfide) groups is 1. The molecule has 0 amide bonds. The molecule has 3 heteroatoms. The average Bonchev–Trinajstić information content (AvgIpc) is 2.17. The summed E-state index contributed by atoms with van der Waals surface area (Å²) in [4.78, 5) is 0.860. The van der Waals surface area contributed by atoms with E-state index in [-0.39, 0.29) is 12.0 Å². The van der Waals surface area contributed by atoms with Crippen molar-refractivity contribution in [3.63, 3.8) is 0 Å². The van der Waals surface area contributed by atoms with Crippen molar-refractivity contribution in [3.8, 4) is 5.75 Å². The van der Waals surface area contributed by atoms with Crippen molar-refractivity contribution in [1.82, 2.24) is 0 Å². The number of aliphatic hydroxyl groups is 1. The van der Waals surface area contributed by atoms with Gasteiger partial charge in [-0.05, 0) is 24.0 Å². The molecule has 0 bridgehead atoms. The largest absolute Gasteiger partial charge is 0.506 e. The zero-order chi connectivity index (χ0) is 12.3. The predicted octanol–water partition coefficient (Wildman–Crippen LogP) is 3.08. The smallest absolute Gasteiger partial charge is 0.132 e. The molecule has 0 fully saturated rings. The van der Waals surface area contributed by atoms with Gasteiger partial charge in [0, 0.05) is 16.2 Å². The zero-order valence-corrected chi connectivity index (χ0v) is 11.2. The van der Waals surface area contributed by atoms with E-state index in [1.165, 1.54) is 11.8 Å². The number of aromatic hydroxyl groups is 1. The number of aliphatic hydroxyl groups excluding tert-OH is 1. The average molecular weight is 240 g/mol. The van der Waals surface area contributed by atoms with Gasteiger partial charge >= 0.3 is 0 Å². The molecule has 0 aromatic heterocycles. The van der Waals surface area contributed by atoms with Crippen LogP contribution in [0.5, 0.6) is 5.75 Å². The van der Waals surface area contributed by atoms with Gasteiger partial charge in [0.25, 0.3) is 0 Å². The van der Waals surface area contributed by atoms with Gasteiger partial charge in [0.2, 0.25) is 0 Å². The van der Waals surface area contributed by atoms with Gasteiger partial charge in [-0.15, -0.1) is 11.8 Å². The zero-order valence-electron chi connectivity index (χ0n) is 10.4. The van der Waals surface area contributed by atoms with Crippen molar-refractivity contribution in [2.24, 2.45) is 0 Å². The quantitative estimate of drug-likeness (QED) is 0.798. The maximum atomic E-state index is 10.2. The van der Waals surface area contributed by atoms with Gasteiger partial charge < -0.3 is 10.2 Å². The van der Waals surface area contributed by atoms with Gasteiger partial charge in [-0.1, -0.05) is 26.8 Å². The van der Waals surface area contributed by atoms with E-state index in [2.05, 4.69) is 20.8 Å². The van der Waals surface area contributed by atoms with Crippen LogP contribution in [-0.4, -0.2) is 22.6 Å². The van der Waals surface area contributed by atoms with Crippen LogP contribution >= 0.6 is 11.8 Å². The van der Waals surface area contributed by atoms with E-state index >= 15 is 0 Å². The molecule has 0 aliphatic rings. The summed E-state index contributed by atoms with van der Waals surface area (Å²) >= 11 is 1.49. The summed E-state index contributed by atoms with van der Waals surface area (Å²) in [5.41, 5.74) is 2.04. The second-order valence-corrected chi connectivity index (χ2v) is 6.12. The van der Waals surface area contributed by atoms with Crippen LogP contribution in [-0.2, 0) is 5.41 Å². The Morgan fingerprint density at radius 3 is 2.38 bits per heavy atom. The molecule has 2 N–H and O–H groups in total. The highest BCUT2D eigenvalue weighted by Crippen LogP contribution is 2.38. The summed E-state index contributed by atoms with van der Waals surface area (Å²) in [6.45, 7) is 8.41. The first-order valence-electron chi connectivity index (χ1n) is 5.44. The van der Waals surface area contributed by atoms with E-state index in [0.29, 0.717) is 11.5 Å². The second kappa shape index (κ2) is 5.11. The molecule has 0 radical (unpaired) electrons. The highest BCUT2D eigenvalue weighted by Gasteiger charge is 2.20. The van der Waals surface area contributed by atoms with Crippen molar-refractivity contribution in [3.05, 3.63) is 23.3 Å². The number of phenolic OH excluding ortho intramolecular Hbond substituents is 1. The van der Waals surface area contributed by atoms with E-state index in [0.717, 1.165) is 16.0 Å². The van der Waals surface area contributed by atoms with Gasteiger partial charge in [0.15, 0.2) is 0 Å². The maximum absolute atomic E-state index is 10.2. The molecule has 0 saturated heterocycles. The van der Waals surface area contributed by atoms with Crippen LogP contribution in [0.3, 0.4) is 0 Å². The van der Waals surface area contributed by atoms with Crippen molar-refractivity contribution < 1.29 is 10.2 Å². The molecule has 0 unspecified atom stereocenters. The van der Waals surface area contributed by atoms with Crippen LogP contribution in [0.15, 0.2) is 17.0 Å². The molecule has 0 spiro atoms. The molecule has 16 heavy (non-hydrogen) atoms. The van der Waals surface area contributed by atoms with E-state index in [1.807, 2.05) is 19.1 Å². The minimum Gasteiger partial charge on any atom is -0.506 e.